The van der Waals surface area contributed by atoms with Crippen LogP contribution in [0.1, 0.15) is 24.1 Å². The Balaban J connectivity index is 1.64. The average molecular weight is 380 g/mol. The third-order valence-electron chi connectivity index (χ3n) is 5.88. The molecule has 29 heavy (non-hydrogen) atoms. The zero-order valence-corrected chi connectivity index (χ0v) is 16.8. The van der Waals surface area contributed by atoms with Gasteiger partial charge in [-0.25, -0.2) is 4.98 Å². The van der Waals surface area contributed by atoms with Crippen LogP contribution < -0.4 is 9.80 Å². The second-order valence-electron chi connectivity index (χ2n) is 7.58. The van der Waals surface area contributed by atoms with Gasteiger partial charge in [-0.05, 0) is 48.7 Å². The number of rotatable bonds is 3. The molecule has 1 aliphatic heterocycles. The Morgan fingerprint density at radius 2 is 1.59 bits per heavy atom. The first kappa shape index (κ1) is 17.7. The van der Waals surface area contributed by atoms with Gasteiger partial charge in [0.15, 0.2) is 0 Å². The summed E-state index contributed by atoms with van der Waals surface area (Å²) in [6.45, 7) is 3.23. The normalized spacial score (nSPS) is 15.9. The highest BCUT2D eigenvalue weighted by Gasteiger charge is 2.27. The molecule has 3 aromatic carbocycles. The Hall–Kier alpha value is -3.40. The molecule has 0 N–H and O–H groups in total. The SMILES string of the molecule is CC1c2ccccc2CCN1c1nc(N(C)c2ccccc2)nc2ccccc12. The van der Waals surface area contributed by atoms with Gasteiger partial charge in [0.1, 0.15) is 5.82 Å². The highest BCUT2D eigenvalue weighted by Crippen LogP contribution is 2.37. The largest absolute Gasteiger partial charge is 0.349 e. The number of fused-ring (bicyclic) bond motifs is 2. The standard InChI is InChI=1S/C25H24N4/c1-18-21-13-7-6-10-19(21)16-17-29(18)24-22-14-8-9-15-23(22)26-25(27-24)28(2)20-11-4-3-5-12-20/h3-15,18H,16-17H2,1-2H3. The van der Waals surface area contributed by atoms with Crippen LogP contribution in [0.4, 0.5) is 17.5 Å². The molecule has 1 aliphatic rings. The highest BCUT2D eigenvalue weighted by atomic mass is 15.3. The fourth-order valence-corrected chi connectivity index (χ4v) is 4.25. The van der Waals surface area contributed by atoms with Gasteiger partial charge in [0, 0.05) is 24.7 Å². The molecule has 4 aromatic rings. The van der Waals surface area contributed by atoms with Gasteiger partial charge in [-0.1, -0.05) is 54.6 Å². The lowest BCUT2D eigenvalue weighted by Crippen LogP contribution is -2.35. The molecular formula is C25H24N4. The van der Waals surface area contributed by atoms with Gasteiger partial charge >= 0.3 is 0 Å². The van der Waals surface area contributed by atoms with Crippen molar-refractivity contribution < 1.29 is 0 Å². The minimum Gasteiger partial charge on any atom is -0.349 e. The lowest BCUT2D eigenvalue weighted by Gasteiger charge is -2.37. The third kappa shape index (κ3) is 3.11. The van der Waals surface area contributed by atoms with Crippen LogP contribution >= 0.6 is 0 Å². The van der Waals surface area contributed by atoms with E-state index in [2.05, 4.69) is 71.3 Å². The van der Waals surface area contributed by atoms with Crippen LogP contribution in [0.25, 0.3) is 10.9 Å². The van der Waals surface area contributed by atoms with Gasteiger partial charge in [0.25, 0.3) is 0 Å². The number of para-hydroxylation sites is 2. The Bertz CT molecular complexity index is 1160. The summed E-state index contributed by atoms with van der Waals surface area (Å²) in [6.07, 6.45) is 1.03. The van der Waals surface area contributed by atoms with Crippen molar-refractivity contribution in [2.24, 2.45) is 0 Å². The lowest BCUT2D eigenvalue weighted by molar-refractivity contribution is 0.619. The molecule has 5 rings (SSSR count). The van der Waals surface area contributed by atoms with Crippen molar-refractivity contribution >= 4 is 28.4 Å². The molecule has 0 aliphatic carbocycles. The summed E-state index contributed by atoms with van der Waals surface area (Å²) in [4.78, 5) is 14.4. The van der Waals surface area contributed by atoms with Crippen molar-refractivity contribution in [2.75, 3.05) is 23.4 Å². The number of aromatic nitrogens is 2. The maximum Gasteiger partial charge on any atom is 0.232 e. The summed E-state index contributed by atoms with van der Waals surface area (Å²) in [5.74, 6) is 1.73. The molecule has 0 bridgehead atoms. The van der Waals surface area contributed by atoms with Crippen LogP contribution in [0.3, 0.4) is 0 Å². The highest BCUT2D eigenvalue weighted by molar-refractivity contribution is 5.91. The summed E-state index contributed by atoms with van der Waals surface area (Å²) in [7, 11) is 2.03. The van der Waals surface area contributed by atoms with Gasteiger partial charge in [-0.3, -0.25) is 0 Å². The Kier molecular flexibility index (Phi) is 4.39. The van der Waals surface area contributed by atoms with Crippen LogP contribution in [0.2, 0.25) is 0 Å². The first-order chi connectivity index (χ1) is 14.2. The van der Waals surface area contributed by atoms with Gasteiger partial charge in [0.2, 0.25) is 5.95 Å². The van der Waals surface area contributed by atoms with E-state index in [4.69, 9.17) is 9.97 Å². The molecule has 1 aromatic heterocycles. The molecule has 0 saturated carbocycles. The number of nitrogens with zero attached hydrogens (tertiary/aromatic N) is 4. The lowest BCUT2D eigenvalue weighted by atomic mass is 9.93. The van der Waals surface area contributed by atoms with Gasteiger partial charge < -0.3 is 9.80 Å². The molecule has 0 spiro atoms. The molecule has 2 heterocycles. The molecule has 0 saturated heterocycles. The zero-order valence-electron chi connectivity index (χ0n) is 16.8. The molecule has 1 unspecified atom stereocenters. The molecule has 1 atom stereocenters. The first-order valence-corrected chi connectivity index (χ1v) is 10.1. The van der Waals surface area contributed by atoms with E-state index in [0.717, 1.165) is 41.3 Å². The third-order valence-corrected chi connectivity index (χ3v) is 5.88. The minimum absolute atomic E-state index is 0.271. The van der Waals surface area contributed by atoms with Crippen molar-refractivity contribution in [2.45, 2.75) is 19.4 Å². The summed E-state index contributed by atoms with van der Waals surface area (Å²) in [5, 5.41) is 1.10. The Labute approximate surface area is 171 Å². The van der Waals surface area contributed by atoms with Crippen molar-refractivity contribution in [1.29, 1.82) is 0 Å². The average Bonchev–Trinajstić information content (AvgIpc) is 2.79. The van der Waals surface area contributed by atoms with Gasteiger partial charge in [0.05, 0.1) is 11.6 Å². The minimum atomic E-state index is 0.271. The predicted octanol–water partition coefficient (Wildman–Crippen LogP) is 5.52. The summed E-state index contributed by atoms with van der Waals surface area (Å²) < 4.78 is 0. The molecule has 4 nitrogen and oxygen atoms in total. The maximum absolute atomic E-state index is 5.06. The second-order valence-corrected chi connectivity index (χ2v) is 7.58. The van der Waals surface area contributed by atoms with Crippen LogP contribution in [0, 0.1) is 0 Å². The van der Waals surface area contributed by atoms with E-state index in [0.29, 0.717) is 0 Å². The second kappa shape index (κ2) is 7.21. The van der Waals surface area contributed by atoms with Gasteiger partial charge in [-0.2, -0.15) is 4.98 Å². The Morgan fingerprint density at radius 1 is 0.862 bits per heavy atom. The maximum atomic E-state index is 5.06. The summed E-state index contributed by atoms with van der Waals surface area (Å²) in [5.41, 5.74) is 4.88. The van der Waals surface area contributed by atoms with Crippen LogP contribution in [0.5, 0.6) is 0 Å². The van der Waals surface area contributed by atoms with Crippen LogP contribution in [-0.2, 0) is 6.42 Å². The van der Waals surface area contributed by atoms with Crippen LogP contribution in [-0.4, -0.2) is 23.6 Å². The van der Waals surface area contributed by atoms with Crippen molar-refractivity contribution in [3.63, 3.8) is 0 Å². The number of hydrogen-bond acceptors (Lipinski definition) is 4. The van der Waals surface area contributed by atoms with Crippen molar-refractivity contribution in [3.8, 4) is 0 Å². The van der Waals surface area contributed by atoms with E-state index >= 15 is 0 Å². The fourth-order valence-electron chi connectivity index (χ4n) is 4.25. The molecule has 0 amide bonds. The fraction of sp³-hybridized carbons (Fsp3) is 0.200. The van der Waals surface area contributed by atoms with Crippen molar-refractivity contribution in [1.82, 2.24) is 9.97 Å². The number of anilines is 3. The summed E-state index contributed by atoms with van der Waals surface area (Å²) in [6, 6.07) is 27.6. The molecular weight excluding hydrogens is 356 g/mol. The molecule has 0 radical (unpaired) electrons. The molecule has 144 valence electrons. The quantitative estimate of drug-likeness (QED) is 0.468. The molecule has 0 fully saturated rings. The van der Waals surface area contributed by atoms with E-state index in [-0.39, 0.29) is 6.04 Å². The molecule has 4 heteroatoms. The van der Waals surface area contributed by atoms with Gasteiger partial charge in [-0.15, -0.1) is 0 Å². The van der Waals surface area contributed by atoms with Crippen LogP contribution in [0.15, 0.2) is 78.9 Å². The van der Waals surface area contributed by atoms with Crippen molar-refractivity contribution in [3.05, 3.63) is 90.0 Å². The predicted molar refractivity (Wildman–Crippen MR) is 120 cm³/mol. The topological polar surface area (TPSA) is 32.3 Å². The zero-order chi connectivity index (χ0) is 19.8. The van der Waals surface area contributed by atoms with E-state index in [9.17, 15) is 0 Å². The van der Waals surface area contributed by atoms with E-state index < -0.39 is 0 Å². The summed E-state index contributed by atoms with van der Waals surface area (Å²) >= 11 is 0. The van der Waals surface area contributed by atoms with E-state index in [1.165, 1.54) is 11.1 Å². The number of hydrogen-bond donors (Lipinski definition) is 0. The first-order valence-electron chi connectivity index (χ1n) is 10.1. The van der Waals surface area contributed by atoms with E-state index in [1.54, 1.807) is 0 Å². The number of benzene rings is 3. The smallest absolute Gasteiger partial charge is 0.232 e. The Morgan fingerprint density at radius 3 is 2.45 bits per heavy atom. The monoisotopic (exact) mass is 380 g/mol. The van der Waals surface area contributed by atoms with E-state index in [1.807, 2.05) is 31.3 Å².